The van der Waals surface area contributed by atoms with Crippen molar-refractivity contribution < 1.29 is 25.0 Å². The van der Waals surface area contributed by atoms with E-state index >= 15 is 0 Å². The average molecular weight is 177 g/mol. The van der Waals surface area contributed by atoms with E-state index in [0.29, 0.717) is 0 Å². The van der Waals surface area contributed by atoms with Gasteiger partial charge in [-0.05, 0) is 0 Å². The molecule has 0 aromatic heterocycles. The first kappa shape index (κ1) is 16.5. The molecule has 0 bridgehead atoms. The van der Waals surface area contributed by atoms with Crippen molar-refractivity contribution in [1.29, 1.82) is 0 Å². The summed E-state index contributed by atoms with van der Waals surface area (Å²) in [6, 6.07) is 0. The third kappa shape index (κ3) is 24.6. The fraction of sp³-hybridized carbons (Fsp3) is 0. The number of carboxylic acids is 2. The maximum absolute atomic E-state index is 9.10. The van der Waals surface area contributed by atoms with E-state index in [1.165, 1.54) is 5.34 Å². The van der Waals surface area contributed by atoms with Crippen molar-refractivity contribution in [3.63, 3.8) is 0 Å². The van der Waals surface area contributed by atoms with Crippen LogP contribution in [0.3, 0.4) is 0 Å². The Hall–Kier alpha value is -0.0236. The van der Waals surface area contributed by atoms with E-state index in [0.717, 1.165) is 0 Å². The molecule has 7 nitrogen and oxygen atoms in total. The van der Waals surface area contributed by atoms with Crippen LogP contribution in [0.5, 0.6) is 0 Å². The SMILES string of the molecule is O=C(O)C(=O)O.O=NO.[KH]. The normalized spacial score (nSPS) is 5.60. The minimum atomic E-state index is -1.82. The van der Waals surface area contributed by atoms with Gasteiger partial charge < -0.3 is 15.4 Å². The van der Waals surface area contributed by atoms with E-state index < -0.39 is 11.9 Å². The number of hydrogen-bond acceptors (Lipinski definition) is 4. The zero-order chi connectivity index (χ0) is 7.86. The van der Waals surface area contributed by atoms with Gasteiger partial charge in [0.15, 0.2) is 5.34 Å². The van der Waals surface area contributed by atoms with Crippen LogP contribution in [0.1, 0.15) is 0 Å². The first-order valence-corrected chi connectivity index (χ1v) is 1.49. The van der Waals surface area contributed by atoms with Gasteiger partial charge in [-0.25, -0.2) is 9.59 Å². The van der Waals surface area contributed by atoms with Crippen molar-refractivity contribution in [2.45, 2.75) is 0 Å². The fourth-order valence-corrected chi connectivity index (χ4v) is 0. The average Bonchev–Trinajstić information content (AvgIpc) is 1.68. The zero-order valence-corrected chi connectivity index (χ0v) is 4.01. The quantitative estimate of drug-likeness (QED) is 0.182. The first-order chi connectivity index (χ1) is 4.06. The van der Waals surface area contributed by atoms with Crippen molar-refractivity contribution >= 4 is 63.3 Å². The van der Waals surface area contributed by atoms with E-state index in [2.05, 4.69) is 0 Å². The number of carbonyl (C=O) groups is 2. The van der Waals surface area contributed by atoms with Crippen molar-refractivity contribution in [3.05, 3.63) is 4.91 Å². The van der Waals surface area contributed by atoms with E-state index in [-0.39, 0.29) is 51.4 Å². The molecular weight excluding hydrogens is 173 g/mol. The number of nitrogens with zero attached hydrogens (tertiary/aromatic N) is 1. The van der Waals surface area contributed by atoms with Gasteiger partial charge in [-0.15, -0.1) is 4.91 Å². The van der Waals surface area contributed by atoms with E-state index in [9.17, 15) is 0 Å². The molecule has 0 amide bonds. The maximum atomic E-state index is 9.10. The molecule has 0 aliphatic heterocycles. The molecule has 0 saturated heterocycles. The molecule has 0 aromatic carbocycles. The Morgan fingerprint density at radius 3 is 1.20 bits per heavy atom. The van der Waals surface area contributed by atoms with Crippen LogP contribution in [0.4, 0.5) is 0 Å². The van der Waals surface area contributed by atoms with Gasteiger partial charge in [0, 0.05) is 0 Å². The third-order valence-electron chi connectivity index (χ3n) is 0.183. The van der Waals surface area contributed by atoms with Crippen molar-refractivity contribution in [2.75, 3.05) is 0 Å². The van der Waals surface area contributed by atoms with Gasteiger partial charge in [0.25, 0.3) is 0 Å². The Labute approximate surface area is 97.4 Å². The summed E-state index contributed by atoms with van der Waals surface area (Å²) in [5, 5.41) is 22.7. The summed E-state index contributed by atoms with van der Waals surface area (Å²) >= 11 is 0. The van der Waals surface area contributed by atoms with Crippen molar-refractivity contribution in [2.24, 2.45) is 5.34 Å². The first-order valence-electron chi connectivity index (χ1n) is 1.49. The van der Waals surface area contributed by atoms with Crippen LogP contribution < -0.4 is 0 Å². The van der Waals surface area contributed by atoms with Gasteiger partial charge in [-0.3, -0.25) is 0 Å². The molecule has 0 aliphatic carbocycles. The second kappa shape index (κ2) is 11.7. The molecule has 0 spiro atoms. The predicted octanol–water partition coefficient (Wildman–Crippen LogP) is -1.35. The third-order valence-corrected chi connectivity index (χ3v) is 0.183. The van der Waals surface area contributed by atoms with Crippen LogP contribution in [0.15, 0.2) is 5.34 Å². The van der Waals surface area contributed by atoms with Crippen LogP contribution in [-0.2, 0) is 9.59 Å². The molecule has 0 rings (SSSR count). The van der Waals surface area contributed by atoms with Gasteiger partial charge in [-0.1, -0.05) is 0 Å². The van der Waals surface area contributed by atoms with Crippen molar-refractivity contribution in [3.8, 4) is 0 Å². The topological polar surface area (TPSA) is 124 Å². The monoisotopic (exact) mass is 177 g/mol. The molecule has 0 heterocycles. The predicted molar refractivity (Wildman–Crippen MR) is 30.0 cm³/mol. The van der Waals surface area contributed by atoms with Crippen molar-refractivity contribution in [1.82, 2.24) is 0 Å². The van der Waals surface area contributed by atoms with Crippen LogP contribution >= 0.6 is 0 Å². The van der Waals surface area contributed by atoms with Gasteiger partial charge in [-0.2, -0.15) is 0 Å². The Kier molecular flexibility index (Phi) is 19.4. The number of hydrogen-bond donors (Lipinski definition) is 3. The number of aliphatic carboxylic acids is 2. The Balaban J connectivity index is -0.000000107. The summed E-state index contributed by atoms with van der Waals surface area (Å²) in [5.41, 5.74) is 0. The molecule has 0 radical (unpaired) electrons. The van der Waals surface area contributed by atoms with Crippen LogP contribution in [0, 0.1) is 4.91 Å². The molecule has 3 N–H and O–H groups in total. The summed E-state index contributed by atoms with van der Waals surface area (Å²) in [6.45, 7) is 0. The zero-order valence-electron chi connectivity index (χ0n) is 4.01. The summed E-state index contributed by atoms with van der Waals surface area (Å²) in [4.78, 5) is 26.3. The Bertz CT molecular complexity index is 111. The Morgan fingerprint density at radius 1 is 1.10 bits per heavy atom. The van der Waals surface area contributed by atoms with Gasteiger partial charge >= 0.3 is 63.3 Å². The van der Waals surface area contributed by atoms with Gasteiger partial charge in [0.05, 0.1) is 0 Å². The number of rotatable bonds is 0. The molecule has 54 valence electrons. The van der Waals surface area contributed by atoms with E-state index in [1.807, 2.05) is 0 Å². The van der Waals surface area contributed by atoms with Gasteiger partial charge in [0.2, 0.25) is 0 Å². The molecule has 10 heavy (non-hydrogen) atoms. The van der Waals surface area contributed by atoms with E-state index in [1.54, 1.807) is 0 Å². The van der Waals surface area contributed by atoms with Crippen LogP contribution in [-0.4, -0.2) is 78.7 Å². The minimum absolute atomic E-state index is 0. The summed E-state index contributed by atoms with van der Waals surface area (Å²) in [6.07, 6.45) is 0. The Morgan fingerprint density at radius 2 is 1.20 bits per heavy atom. The molecular formula is C2H4KNO6. The summed E-state index contributed by atoms with van der Waals surface area (Å²) in [7, 11) is 0. The van der Waals surface area contributed by atoms with Crippen LogP contribution in [0.2, 0.25) is 0 Å². The van der Waals surface area contributed by atoms with Gasteiger partial charge in [0.1, 0.15) is 0 Å². The summed E-state index contributed by atoms with van der Waals surface area (Å²) in [5.74, 6) is -3.65. The second-order valence-electron chi connectivity index (χ2n) is 0.692. The van der Waals surface area contributed by atoms with Crippen LogP contribution in [0.25, 0.3) is 0 Å². The molecule has 0 fully saturated rings. The molecule has 0 aromatic rings. The molecule has 0 aliphatic rings. The molecule has 0 saturated carbocycles. The molecule has 0 unspecified atom stereocenters. The molecule has 0 atom stereocenters. The van der Waals surface area contributed by atoms with E-state index in [4.69, 9.17) is 29.9 Å². The standard InChI is InChI=1S/C2H2O4.K.HNO2.H/c3-1(4)2(5)6;;2-1-3;/h(H,3,4)(H,5,6);;(H,2,3);. The summed E-state index contributed by atoms with van der Waals surface area (Å²) < 4.78 is 0. The fourth-order valence-electron chi connectivity index (χ4n) is 0. The second-order valence-corrected chi connectivity index (χ2v) is 0.692. The number of carboxylic acid groups (broad SMARTS) is 2. The molecule has 8 heteroatoms.